The van der Waals surface area contributed by atoms with Crippen LogP contribution in [0.15, 0.2) is 55.1 Å². The van der Waals surface area contributed by atoms with Crippen LogP contribution >= 0.6 is 0 Å². The van der Waals surface area contributed by atoms with E-state index in [9.17, 15) is 13.9 Å². The van der Waals surface area contributed by atoms with E-state index in [1.165, 1.54) is 12.1 Å². The molecule has 142 valence electrons. The Balaban J connectivity index is 1.57. The molecule has 1 N–H and O–H groups in total. The summed E-state index contributed by atoms with van der Waals surface area (Å²) in [4.78, 5) is 6.74. The first-order valence-corrected chi connectivity index (χ1v) is 9.03. The van der Waals surface area contributed by atoms with Gasteiger partial charge in [0.05, 0.1) is 18.4 Å². The predicted molar refractivity (Wildman–Crippen MR) is 99.7 cm³/mol. The first kappa shape index (κ1) is 16.7. The summed E-state index contributed by atoms with van der Waals surface area (Å²) in [6.07, 6.45) is 8.35. The van der Waals surface area contributed by atoms with Crippen LogP contribution in [0.1, 0.15) is 24.4 Å². The van der Waals surface area contributed by atoms with Crippen LogP contribution in [-0.4, -0.2) is 30.8 Å². The van der Waals surface area contributed by atoms with E-state index in [-0.39, 0.29) is 11.8 Å². The van der Waals surface area contributed by atoms with Crippen LogP contribution < -0.4 is 4.90 Å². The fourth-order valence-electron chi connectivity index (χ4n) is 3.86. The summed E-state index contributed by atoms with van der Waals surface area (Å²) in [6.45, 7) is 0.706. The Labute approximate surface area is 159 Å². The minimum Gasteiger partial charge on any atom is -0.506 e. The van der Waals surface area contributed by atoms with Crippen molar-refractivity contribution in [3.8, 4) is 11.4 Å². The Morgan fingerprint density at radius 3 is 2.82 bits per heavy atom. The number of halogens is 2. The van der Waals surface area contributed by atoms with Crippen molar-refractivity contribution >= 4 is 11.5 Å². The highest BCUT2D eigenvalue weighted by molar-refractivity contribution is 5.62. The van der Waals surface area contributed by atoms with Gasteiger partial charge in [-0.25, -0.2) is 18.3 Å². The van der Waals surface area contributed by atoms with Gasteiger partial charge in [-0.3, -0.25) is 0 Å². The van der Waals surface area contributed by atoms with Gasteiger partial charge in [0.15, 0.2) is 5.65 Å². The van der Waals surface area contributed by atoms with Crippen molar-refractivity contribution in [2.24, 2.45) is 0 Å². The third-order valence-electron chi connectivity index (χ3n) is 5.16. The number of hydrogen-bond donors (Lipinski definition) is 1. The zero-order valence-electron chi connectivity index (χ0n) is 14.8. The maximum atomic E-state index is 14.3. The molecule has 0 amide bonds. The lowest BCUT2D eigenvalue weighted by Gasteiger charge is -2.26. The molecule has 0 aliphatic carbocycles. The summed E-state index contributed by atoms with van der Waals surface area (Å²) in [7, 11) is 0. The summed E-state index contributed by atoms with van der Waals surface area (Å²) in [6, 6.07) is 6.71. The largest absolute Gasteiger partial charge is 0.506 e. The van der Waals surface area contributed by atoms with Crippen LogP contribution in [-0.2, 0) is 0 Å². The molecule has 1 fully saturated rings. The topological polar surface area (TPSA) is 58.6 Å². The van der Waals surface area contributed by atoms with Crippen LogP contribution in [0.2, 0.25) is 0 Å². The summed E-state index contributed by atoms with van der Waals surface area (Å²) < 4.78 is 31.4. The summed E-state index contributed by atoms with van der Waals surface area (Å²) in [5, 5.41) is 13.9. The Morgan fingerprint density at radius 2 is 2.00 bits per heavy atom. The van der Waals surface area contributed by atoms with Gasteiger partial charge in [-0.1, -0.05) is 0 Å². The van der Waals surface area contributed by atoms with E-state index >= 15 is 0 Å². The number of nitrogens with zero attached hydrogens (tertiary/aromatic N) is 5. The van der Waals surface area contributed by atoms with E-state index in [4.69, 9.17) is 4.98 Å². The summed E-state index contributed by atoms with van der Waals surface area (Å²) in [5.74, 6) is -0.0298. The van der Waals surface area contributed by atoms with Gasteiger partial charge in [0.2, 0.25) is 0 Å². The molecular weight excluding hydrogens is 364 g/mol. The molecule has 1 aliphatic heterocycles. The van der Waals surface area contributed by atoms with E-state index in [2.05, 4.69) is 5.10 Å². The molecule has 4 aromatic rings. The molecule has 1 aliphatic rings. The summed E-state index contributed by atoms with van der Waals surface area (Å²) in [5.41, 5.74) is 1.68. The van der Waals surface area contributed by atoms with Crippen LogP contribution in [0, 0.1) is 11.6 Å². The number of hydrogen-bond acceptors (Lipinski definition) is 4. The van der Waals surface area contributed by atoms with Crippen molar-refractivity contribution in [1.82, 2.24) is 19.2 Å². The second kappa shape index (κ2) is 6.33. The van der Waals surface area contributed by atoms with E-state index in [1.807, 2.05) is 11.0 Å². The number of fused-ring (bicyclic) bond motifs is 1. The lowest BCUT2D eigenvalue weighted by molar-refractivity contribution is 0.475. The smallest absolute Gasteiger partial charge is 0.181 e. The van der Waals surface area contributed by atoms with E-state index < -0.39 is 11.6 Å². The molecule has 8 heteroatoms. The standard InChI is InChI=1S/C20H17F2N5O/c21-13-3-4-16(22)15(10-13)17-2-1-7-26(17)19-6-9-27-20(24-19)18(11-23-27)25-8-5-14(28)12-25/h3-6,8-12,17,28H,1-2,7H2. The molecule has 6 nitrogen and oxygen atoms in total. The van der Waals surface area contributed by atoms with Gasteiger partial charge >= 0.3 is 0 Å². The van der Waals surface area contributed by atoms with Gasteiger partial charge in [-0.05, 0) is 43.2 Å². The van der Waals surface area contributed by atoms with Crippen LogP contribution in [0.3, 0.4) is 0 Å². The Bertz CT molecular complexity index is 1170. The number of aromatic nitrogens is 4. The predicted octanol–water partition coefficient (Wildman–Crippen LogP) is 3.85. The highest BCUT2D eigenvalue weighted by atomic mass is 19.1. The Hall–Kier alpha value is -3.42. The molecule has 1 aromatic carbocycles. The van der Waals surface area contributed by atoms with Gasteiger partial charge in [0, 0.05) is 24.5 Å². The van der Waals surface area contributed by atoms with Crippen molar-refractivity contribution in [3.05, 3.63) is 72.3 Å². The van der Waals surface area contributed by atoms with E-state index in [0.29, 0.717) is 23.6 Å². The Kier molecular flexibility index (Phi) is 3.78. The molecular formula is C20H17F2N5O. The first-order chi connectivity index (χ1) is 13.6. The maximum Gasteiger partial charge on any atom is 0.181 e. The zero-order chi connectivity index (χ0) is 19.3. The van der Waals surface area contributed by atoms with Gasteiger partial charge < -0.3 is 14.6 Å². The van der Waals surface area contributed by atoms with Gasteiger partial charge in [0.25, 0.3) is 0 Å². The molecule has 1 unspecified atom stereocenters. The average Bonchev–Trinajstić information content (AvgIpc) is 3.42. The van der Waals surface area contributed by atoms with Crippen LogP contribution in [0.4, 0.5) is 14.6 Å². The first-order valence-electron chi connectivity index (χ1n) is 9.03. The molecule has 0 bridgehead atoms. The van der Waals surface area contributed by atoms with Crippen molar-refractivity contribution < 1.29 is 13.9 Å². The van der Waals surface area contributed by atoms with E-state index in [1.54, 1.807) is 39.9 Å². The molecule has 5 rings (SSSR count). The molecule has 0 spiro atoms. The average molecular weight is 381 g/mol. The van der Waals surface area contributed by atoms with E-state index in [0.717, 1.165) is 24.6 Å². The molecule has 28 heavy (non-hydrogen) atoms. The molecule has 1 saturated heterocycles. The van der Waals surface area contributed by atoms with Gasteiger partial charge in [0.1, 0.15) is 28.9 Å². The van der Waals surface area contributed by atoms with Gasteiger partial charge in [-0.2, -0.15) is 5.10 Å². The fourth-order valence-corrected chi connectivity index (χ4v) is 3.86. The van der Waals surface area contributed by atoms with Crippen molar-refractivity contribution in [3.63, 3.8) is 0 Å². The third kappa shape index (κ3) is 2.69. The van der Waals surface area contributed by atoms with Crippen molar-refractivity contribution in [1.29, 1.82) is 0 Å². The number of benzene rings is 1. The highest BCUT2D eigenvalue weighted by Crippen LogP contribution is 2.37. The van der Waals surface area contributed by atoms with Crippen LogP contribution in [0.25, 0.3) is 11.3 Å². The van der Waals surface area contributed by atoms with Crippen molar-refractivity contribution in [2.75, 3.05) is 11.4 Å². The number of anilines is 1. The van der Waals surface area contributed by atoms with Gasteiger partial charge in [-0.15, -0.1) is 0 Å². The summed E-state index contributed by atoms with van der Waals surface area (Å²) >= 11 is 0. The molecule has 3 aromatic heterocycles. The number of rotatable bonds is 3. The number of aromatic hydroxyl groups is 1. The lowest BCUT2D eigenvalue weighted by atomic mass is 10.0. The minimum atomic E-state index is -0.447. The molecule has 1 atom stereocenters. The fraction of sp³-hybridized carbons (Fsp3) is 0.200. The SMILES string of the molecule is Oc1ccn(-c2cnn3ccc(N4CCCC4c4cc(F)ccc4F)nc23)c1. The lowest BCUT2D eigenvalue weighted by Crippen LogP contribution is -2.24. The second-order valence-electron chi connectivity index (χ2n) is 6.88. The van der Waals surface area contributed by atoms with Crippen molar-refractivity contribution in [2.45, 2.75) is 18.9 Å². The molecule has 0 saturated carbocycles. The Morgan fingerprint density at radius 1 is 1.11 bits per heavy atom. The zero-order valence-corrected chi connectivity index (χ0v) is 14.8. The molecule has 0 radical (unpaired) electrons. The second-order valence-corrected chi connectivity index (χ2v) is 6.88. The highest BCUT2D eigenvalue weighted by Gasteiger charge is 2.30. The molecule has 4 heterocycles. The monoisotopic (exact) mass is 381 g/mol. The maximum absolute atomic E-state index is 14.3. The normalized spacial score (nSPS) is 16.9. The quantitative estimate of drug-likeness (QED) is 0.586. The van der Waals surface area contributed by atoms with Crippen LogP contribution in [0.5, 0.6) is 5.75 Å². The minimum absolute atomic E-state index is 0.150. The third-order valence-corrected chi connectivity index (χ3v) is 5.16.